The van der Waals surface area contributed by atoms with E-state index in [0.717, 1.165) is 18.0 Å². The molecule has 21 heavy (non-hydrogen) atoms. The van der Waals surface area contributed by atoms with Gasteiger partial charge in [0.25, 0.3) is 0 Å². The molecule has 1 aromatic rings. The number of piperidine rings is 1. The van der Waals surface area contributed by atoms with Crippen molar-refractivity contribution in [3.8, 4) is 0 Å². The Balaban J connectivity index is 1.82. The summed E-state index contributed by atoms with van der Waals surface area (Å²) in [4.78, 5) is 14.0. The summed E-state index contributed by atoms with van der Waals surface area (Å²) in [7, 11) is 0. The van der Waals surface area contributed by atoms with Crippen molar-refractivity contribution in [1.82, 2.24) is 10.2 Å². The highest BCUT2D eigenvalue weighted by Crippen LogP contribution is 2.18. The van der Waals surface area contributed by atoms with Crippen molar-refractivity contribution in [2.45, 2.75) is 45.8 Å². The minimum atomic E-state index is -0.453. The fourth-order valence-electron chi connectivity index (χ4n) is 2.80. The third kappa shape index (κ3) is 5.14. The van der Waals surface area contributed by atoms with E-state index in [0.29, 0.717) is 6.54 Å². The van der Waals surface area contributed by atoms with Crippen LogP contribution in [-0.4, -0.2) is 29.9 Å². The van der Waals surface area contributed by atoms with E-state index in [1.807, 2.05) is 0 Å². The van der Waals surface area contributed by atoms with E-state index in [2.05, 4.69) is 41.4 Å². The quantitative estimate of drug-likeness (QED) is 0.870. The smallest absolute Gasteiger partial charge is 0.236 e. The van der Waals surface area contributed by atoms with E-state index in [4.69, 9.17) is 5.73 Å². The van der Waals surface area contributed by atoms with Crippen LogP contribution >= 0.6 is 0 Å². The molecule has 1 aliphatic rings. The summed E-state index contributed by atoms with van der Waals surface area (Å²) in [5.74, 6) is 0.702. The van der Waals surface area contributed by atoms with Gasteiger partial charge in [-0.05, 0) is 43.4 Å². The predicted molar refractivity (Wildman–Crippen MR) is 85.6 cm³/mol. The molecule has 1 amide bonds. The summed E-state index contributed by atoms with van der Waals surface area (Å²) >= 11 is 0. The summed E-state index contributed by atoms with van der Waals surface area (Å²) in [6.45, 7) is 8.00. The molecule has 2 atom stereocenters. The van der Waals surface area contributed by atoms with Gasteiger partial charge in [-0.15, -0.1) is 0 Å². The summed E-state index contributed by atoms with van der Waals surface area (Å²) in [5.41, 5.74) is 7.97. The average Bonchev–Trinajstić information content (AvgIpc) is 2.46. The van der Waals surface area contributed by atoms with Crippen LogP contribution < -0.4 is 11.1 Å². The van der Waals surface area contributed by atoms with E-state index in [-0.39, 0.29) is 5.91 Å². The Bertz CT molecular complexity index is 456. The van der Waals surface area contributed by atoms with Crippen molar-refractivity contribution in [3.63, 3.8) is 0 Å². The normalized spacial score (nSPS) is 21.0. The lowest BCUT2D eigenvalue weighted by molar-refractivity contribution is -0.122. The van der Waals surface area contributed by atoms with Gasteiger partial charge in [0.1, 0.15) is 0 Å². The van der Waals surface area contributed by atoms with Crippen molar-refractivity contribution in [1.29, 1.82) is 0 Å². The van der Waals surface area contributed by atoms with Gasteiger partial charge in [-0.25, -0.2) is 0 Å². The van der Waals surface area contributed by atoms with E-state index < -0.39 is 6.04 Å². The van der Waals surface area contributed by atoms with Crippen LogP contribution in [0.1, 0.15) is 37.8 Å². The molecule has 0 aromatic heterocycles. The molecule has 0 aliphatic carbocycles. The zero-order valence-electron chi connectivity index (χ0n) is 13.1. The van der Waals surface area contributed by atoms with Gasteiger partial charge >= 0.3 is 0 Å². The van der Waals surface area contributed by atoms with E-state index in [1.165, 1.54) is 31.5 Å². The standard InChI is InChI=1S/C17H27N3O/c1-13-4-3-9-20(11-13)12-16-7-5-15(6-8-16)10-19-17(21)14(2)18/h5-8,13-14H,3-4,9-12,18H2,1-2H3,(H,19,21). The summed E-state index contributed by atoms with van der Waals surface area (Å²) < 4.78 is 0. The van der Waals surface area contributed by atoms with Crippen LogP contribution in [0.25, 0.3) is 0 Å². The number of nitrogens with two attached hydrogens (primary N) is 1. The Hall–Kier alpha value is -1.39. The van der Waals surface area contributed by atoms with Crippen LogP contribution in [0.4, 0.5) is 0 Å². The van der Waals surface area contributed by atoms with Gasteiger partial charge in [0.05, 0.1) is 6.04 Å². The molecule has 1 saturated heterocycles. The van der Waals surface area contributed by atoms with Gasteiger partial charge in [-0.2, -0.15) is 0 Å². The van der Waals surface area contributed by atoms with Gasteiger partial charge in [-0.3, -0.25) is 9.69 Å². The highest BCUT2D eigenvalue weighted by Gasteiger charge is 2.16. The van der Waals surface area contributed by atoms with E-state index >= 15 is 0 Å². The molecule has 116 valence electrons. The Labute approximate surface area is 127 Å². The molecule has 0 spiro atoms. The van der Waals surface area contributed by atoms with Crippen molar-refractivity contribution in [2.24, 2.45) is 11.7 Å². The molecule has 0 bridgehead atoms. The molecule has 4 nitrogen and oxygen atoms in total. The first-order valence-electron chi connectivity index (χ1n) is 7.88. The highest BCUT2D eigenvalue weighted by atomic mass is 16.2. The molecule has 1 heterocycles. The van der Waals surface area contributed by atoms with Crippen LogP contribution in [-0.2, 0) is 17.9 Å². The molecule has 1 fully saturated rings. The molecular formula is C17H27N3O. The number of nitrogens with one attached hydrogen (secondary N) is 1. The second-order valence-electron chi connectivity index (χ2n) is 6.31. The molecule has 1 aliphatic heterocycles. The third-order valence-electron chi connectivity index (χ3n) is 4.05. The first-order valence-corrected chi connectivity index (χ1v) is 7.88. The number of hydrogen-bond acceptors (Lipinski definition) is 3. The maximum atomic E-state index is 11.4. The number of amides is 1. The van der Waals surface area contributed by atoms with E-state index in [1.54, 1.807) is 6.92 Å². The number of likely N-dealkylation sites (tertiary alicyclic amines) is 1. The number of rotatable bonds is 5. The Morgan fingerprint density at radius 2 is 2.05 bits per heavy atom. The predicted octanol–water partition coefficient (Wildman–Crippen LogP) is 1.88. The topological polar surface area (TPSA) is 58.4 Å². The van der Waals surface area contributed by atoms with Gasteiger partial charge in [0.15, 0.2) is 0 Å². The van der Waals surface area contributed by atoms with Crippen LogP contribution in [0, 0.1) is 5.92 Å². The van der Waals surface area contributed by atoms with Crippen LogP contribution in [0.5, 0.6) is 0 Å². The lowest BCUT2D eigenvalue weighted by atomic mass is 9.99. The lowest BCUT2D eigenvalue weighted by Crippen LogP contribution is -2.37. The molecule has 1 aromatic carbocycles. The molecule has 0 radical (unpaired) electrons. The highest BCUT2D eigenvalue weighted by molar-refractivity contribution is 5.80. The number of benzene rings is 1. The fourth-order valence-corrected chi connectivity index (χ4v) is 2.80. The van der Waals surface area contributed by atoms with Crippen LogP contribution in [0.2, 0.25) is 0 Å². The molecule has 4 heteroatoms. The SMILES string of the molecule is CC1CCCN(Cc2ccc(CNC(=O)C(C)N)cc2)C1. The molecule has 3 N–H and O–H groups in total. The van der Waals surface area contributed by atoms with Crippen LogP contribution in [0.15, 0.2) is 24.3 Å². The number of nitrogens with zero attached hydrogens (tertiary/aromatic N) is 1. The Kier molecular flexibility index (Phi) is 5.76. The Morgan fingerprint density at radius 3 is 2.67 bits per heavy atom. The lowest BCUT2D eigenvalue weighted by Gasteiger charge is -2.30. The summed E-state index contributed by atoms with van der Waals surface area (Å²) in [5, 5.41) is 2.83. The molecule has 2 unspecified atom stereocenters. The maximum absolute atomic E-state index is 11.4. The maximum Gasteiger partial charge on any atom is 0.236 e. The van der Waals surface area contributed by atoms with E-state index in [9.17, 15) is 4.79 Å². The van der Waals surface area contributed by atoms with Gasteiger partial charge in [-0.1, -0.05) is 31.2 Å². The summed E-state index contributed by atoms with van der Waals surface area (Å²) in [6, 6.07) is 8.04. The second-order valence-corrected chi connectivity index (χ2v) is 6.31. The first kappa shape index (κ1) is 16.0. The zero-order valence-corrected chi connectivity index (χ0v) is 13.1. The first-order chi connectivity index (χ1) is 10.0. The Morgan fingerprint density at radius 1 is 1.38 bits per heavy atom. The largest absolute Gasteiger partial charge is 0.351 e. The minimum absolute atomic E-state index is 0.110. The van der Waals surface area contributed by atoms with Crippen molar-refractivity contribution < 1.29 is 4.79 Å². The number of carbonyl (C=O) groups excluding carboxylic acids is 1. The number of hydrogen-bond donors (Lipinski definition) is 2. The average molecular weight is 289 g/mol. The molecule has 0 saturated carbocycles. The van der Waals surface area contributed by atoms with Gasteiger partial charge in [0.2, 0.25) is 5.91 Å². The number of carbonyl (C=O) groups is 1. The second kappa shape index (κ2) is 7.57. The van der Waals surface area contributed by atoms with Crippen molar-refractivity contribution in [3.05, 3.63) is 35.4 Å². The van der Waals surface area contributed by atoms with Gasteiger partial charge in [0, 0.05) is 19.6 Å². The zero-order chi connectivity index (χ0) is 15.2. The fraction of sp³-hybridized carbons (Fsp3) is 0.588. The third-order valence-corrected chi connectivity index (χ3v) is 4.05. The van der Waals surface area contributed by atoms with Crippen LogP contribution in [0.3, 0.4) is 0 Å². The van der Waals surface area contributed by atoms with Crippen molar-refractivity contribution >= 4 is 5.91 Å². The molecular weight excluding hydrogens is 262 g/mol. The van der Waals surface area contributed by atoms with Gasteiger partial charge < -0.3 is 11.1 Å². The summed E-state index contributed by atoms with van der Waals surface area (Å²) in [6.07, 6.45) is 2.66. The minimum Gasteiger partial charge on any atom is -0.351 e. The monoisotopic (exact) mass is 289 g/mol. The molecule has 2 rings (SSSR count). The van der Waals surface area contributed by atoms with Crippen molar-refractivity contribution in [2.75, 3.05) is 13.1 Å².